The van der Waals surface area contributed by atoms with Crippen molar-refractivity contribution < 1.29 is 34.4 Å². The third-order valence-corrected chi connectivity index (χ3v) is 9.65. The molecular formula is C40H48N8O6. The van der Waals surface area contributed by atoms with E-state index in [9.17, 15) is 14.4 Å². The second-order valence-corrected chi connectivity index (χ2v) is 14.0. The highest BCUT2D eigenvalue weighted by atomic mass is 17.2. The Morgan fingerprint density at radius 1 is 0.944 bits per heavy atom. The van der Waals surface area contributed by atoms with Gasteiger partial charge in [0.05, 0.1) is 48.5 Å². The number of rotatable bonds is 11. The highest BCUT2D eigenvalue weighted by Gasteiger charge is 2.38. The molecule has 4 aromatic rings. The molecule has 284 valence electrons. The summed E-state index contributed by atoms with van der Waals surface area (Å²) in [7, 11) is 2.60. The van der Waals surface area contributed by atoms with Crippen molar-refractivity contribution in [1.29, 1.82) is 0 Å². The fourth-order valence-corrected chi connectivity index (χ4v) is 6.87. The van der Waals surface area contributed by atoms with E-state index in [1.165, 1.54) is 20.4 Å². The molecule has 2 aromatic heterocycles. The molecule has 3 amide bonds. The number of carbonyl (C=O) groups excluding carboxylic acids is 3. The number of carbonyl (C=O) groups is 3. The molecule has 6 rings (SSSR count). The van der Waals surface area contributed by atoms with E-state index in [1.807, 2.05) is 33.8 Å². The number of aromatic amines is 2. The maximum atomic E-state index is 13.6. The third kappa shape index (κ3) is 8.42. The summed E-state index contributed by atoms with van der Waals surface area (Å²) in [5.74, 6) is 6.25. The number of benzene rings is 2. The van der Waals surface area contributed by atoms with E-state index in [0.29, 0.717) is 48.7 Å². The molecule has 4 heterocycles. The number of methoxy groups -OCH3 is 1. The maximum absolute atomic E-state index is 13.6. The molecule has 2 aliphatic heterocycles. The quantitative estimate of drug-likeness (QED) is 0.0580. The van der Waals surface area contributed by atoms with Gasteiger partial charge in [-0.25, -0.2) is 19.8 Å². The minimum atomic E-state index is -0.807. The molecule has 14 nitrogen and oxygen atoms in total. The van der Waals surface area contributed by atoms with Crippen LogP contribution in [0.4, 0.5) is 4.79 Å². The van der Waals surface area contributed by atoms with Gasteiger partial charge in [-0.1, -0.05) is 51.6 Å². The Kier molecular flexibility index (Phi) is 10.4. The number of amides is 3. The van der Waals surface area contributed by atoms with Gasteiger partial charge in [-0.3, -0.25) is 9.59 Å². The standard InChI is InChI=1S/C40H48N8O6/c1-24(2)34(42-23-54-53-6)38(49)48-20-8-10-33(48)37-43-29-18-15-27(21-30(29)44-37)12-11-26-13-16-28(17-14-26)31-22-41-36(45-31)32-9-7-19-47(32)39(50)35(25(3)4)46-40(51)52-5/h13-18,21-25,32-35H,7-10,19-20H2,1-6H3,(H,41,45)(H,43,44)(H,46,51)/b42-23-/t32-,33-,34-,35-/m0/s1/i13D,14D,16D,17D. The minimum Gasteiger partial charge on any atom is -0.453 e. The second kappa shape index (κ2) is 17.0. The summed E-state index contributed by atoms with van der Waals surface area (Å²) in [5.41, 5.74) is 2.06. The van der Waals surface area contributed by atoms with Crippen LogP contribution in [0.5, 0.6) is 0 Å². The lowest BCUT2D eigenvalue weighted by molar-refractivity contribution is -0.188. The van der Waals surface area contributed by atoms with Crippen molar-refractivity contribution in [3.8, 4) is 23.1 Å². The molecule has 0 saturated carbocycles. The monoisotopic (exact) mass is 740 g/mol. The van der Waals surface area contributed by atoms with Crippen LogP contribution < -0.4 is 5.32 Å². The summed E-state index contributed by atoms with van der Waals surface area (Å²) in [4.78, 5) is 72.2. The number of nitrogens with one attached hydrogen (secondary N) is 3. The number of hydrogen-bond donors (Lipinski definition) is 3. The van der Waals surface area contributed by atoms with Crippen molar-refractivity contribution in [3.63, 3.8) is 0 Å². The average Bonchev–Trinajstić information content (AvgIpc) is 4.03. The van der Waals surface area contributed by atoms with Crippen LogP contribution in [0, 0.1) is 23.7 Å². The highest BCUT2D eigenvalue weighted by Crippen LogP contribution is 2.34. The Balaban J connectivity index is 1.22. The first-order valence-corrected chi connectivity index (χ1v) is 18.1. The van der Waals surface area contributed by atoms with Crippen LogP contribution in [0.2, 0.25) is 0 Å². The van der Waals surface area contributed by atoms with Crippen LogP contribution in [-0.4, -0.2) is 93.4 Å². The van der Waals surface area contributed by atoms with Gasteiger partial charge in [-0.2, -0.15) is 4.89 Å². The lowest BCUT2D eigenvalue weighted by Gasteiger charge is -2.29. The zero-order valence-electron chi connectivity index (χ0n) is 35.3. The van der Waals surface area contributed by atoms with E-state index in [4.69, 9.17) is 20.1 Å². The lowest BCUT2D eigenvalue weighted by Crippen LogP contribution is -2.51. The number of nitrogens with zero attached hydrogens (tertiary/aromatic N) is 5. The van der Waals surface area contributed by atoms with Gasteiger partial charge >= 0.3 is 6.09 Å². The Morgan fingerprint density at radius 2 is 1.63 bits per heavy atom. The molecule has 2 aliphatic rings. The fourth-order valence-electron chi connectivity index (χ4n) is 6.87. The van der Waals surface area contributed by atoms with E-state index >= 15 is 0 Å². The number of fused-ring (bicyclic) bond motifs is 1. The first-order chi connectivity index (χ1) is 27.7. The molecule has 2 aromatic carbocycles. The Hall–Kier alpha value is -5.68. The van der Waals surface area contributed by atoms with Gasteiger partial charge in [0, 0.05) is 36.0 Å². The molecule has 0 spiro atoms. The van der Waals surface area contributed by atoms with Crippen LogP contribution in [0.15, 0.2) is 53.6 Å². The van der Waals surface area contributed by atoms with E-state index in [2.05, 4.69) is 42.0 Å². The van der Waals surface area contributed by atoms with Gasteiger partial charge in [-0.15, -0.1) is 0 Å². The molecule has 2 fully saturated rings. The van der Waals surface area contributed by atoms with Crippen LogP contribution in [0.25, 0.3) is 22.3 Å². The molecule has 2 saturated heterocycles. The summed E-state index contributed by atoms with van der Waals surface area (Å²) in [6.45, 7) is 8.52. The van der Waals surface area contributed by atoms with Crippen LogP contribution in [0.3, 0.4) is 0 Å². The van der Waals surface area contributed by atoms with Gasteiger partial charge in [0.2, 0.25) is 18.2 Å². The first kappa shape index (κ1) is 32.9. The molecule has 54 heavy (non-hydrogen) atoms. The zero-order chi connectivity index (χ0) is 41.8. The predicted octanol–water partition coefficient (Wildman–Crippen LogP) is 5.69. The maximum Gasteiger partial charge on any atom is 0.407 e. The number of aliphatic imine (C=N–C) groups is 1. The number of alkyl carbamates (subject to hydrolysis) is 1. The Bertz CT molecular complexity index is 2250. The summed E-state index contributed by atoms with van der Waals surface area (Å²) in [6.07, 6.45) is 4.81. The van der Waals surface area contributed by atoms with Crippen LogP contribution in [-0.2, 0) is 24.1 Å². The zero-order valence-corrected chi connectivity index (χ0v) is 31.3. The van der Waals surface area contributed by atoms with Crippen molar-refractivity contribution in [2.45, 2.75) is 77.5 Å². The van der Waals surface area contributed by atoms with Crippen molar-refractivity contribution in [2.24, 2.45) is 16.8 Å². The summed E-state index contributed by atoms with van der Waals surface area (Å²) >= 11 is 0. The number of aromatic nitrogens is 4. The molecule has 3 N–H and O–H groups in total. The summed E-state index contributed by atoms with van der Waals surface area (Å²) in [5, 5.41) is 2.62. The van der Waals surface area contributed by atoms with Gasteiger partial charge in [0.1, 0.15) is 23.7 Å². The first-order valence-electron chi connectivity index (χ1n) is 20.1. The number of hydrogen-bond acceptors (Lipinski definition) is 9. The molecule has 4 atom stereocenters. The van der Waals surface area contributed by atoms with E-state index < -0.39 is 24.2 Å². The van der Waals surface area contributed by atoms with Crippen LogP contribution in [0.1, 0.15) is 93.7 Å². The molecule has 14 heteroatoms. The van der Waals surface area contributed by atoms with Crippen molar-refractivity contribution in [1.82, 2.24) is 35.1 Å². The predicted molar refractivity (Wildman–Crippen MR) is 203 cm³/mol. The summed E-state index contributed by atoms with van der Waals surface area (Å²) < 4.78 is 40.0. The lowest BCUT2D eigenvalue weighted by atomic mass is 10.0. The fraction of sp³-hybridized carbons (Fsp3) is 0.450. The van der Waals surface area contributed by atoms with Gasteiger partial charge < -0.3 is 34.7 Å². The van der Waals surface area contributed by atoms with E-state index in [0.717, 1.165) is 24.8 Å². The number of ether oxygens (including phenoxy) is 1. The molecule has 0 bridgehead atoms. The smallest absolute Gasteiger partial charge is 0.407 e. The van der Waals surface area contributed by atoms with Gasteiger partial charge in [0.25, 0.3) is 0 Å². The molecule has 0 aliphatic carbocycles. The van der Waals surface area contributed by atoms with Crippen molar-refractivity contribution in [2.75, 3.05) is 27.3 Å². The largest absolute Gasteiger partial charge is 0.453 e. The Morgan fingerprint density at radius 3 is 2.30 bits per heavy atom. The Labute approximate surface area is 320 Å². The number of imidazole rings is 2. The average molecular weight is 741 g/mol. The molecule has 0 unspecified atom stereocenters. The topological polar surface area (TPSA) is 167 Å². The molecular weight excluding hydrogens is 688 g/mol. The molecule has 0 radical (unpaired) electrons. The van der Waals surface area contributed by atoms with E-state index in [-0.39, 0.29) is 70.7 Å². The minimum absolute atomic E-state index is 0.00563. The van der Waals surface area contributed by atoms with Crippen LogP contribution >= 0.6 is 0 Å². The number of H-pyrrole nitrogens is 2. The van der Waals surface area contributed by atoms with E-state index in [1.54, 1.807) is 21.9 Å². The van der Waals surface area contributed by atoms with Gasteiger partial charge in [0.15, 0.2) is 0 Å². The number of likely N-dealkylation sites (tertiary alicyclic amines) is 2. The van der Waals surface area contributed by atoms with Crippen molar-refractivity contribution in [3.05, 3.63) is 71.3 Å². The third-order valence-electron chi connectivity index (χ3n) is 9.65. The van der Waals surface area contributed by atoms with Crippen molar-refractivity contribution >= 4 is 35.3 Å². The second-order valence-electron chi connectivity index (χ2n) is 14.0. The normalized spacial score (nSPS) is 19.3. The highest BCUT2D eigenvalue weighted by molar-refractivity contribution is 5.86. The SMILES string of the molecule is [2H]c1c([2H])c(-c2c[nH]c([C@@H]3CCCN3C(=O)[C@@H](NC(=O)OC)C(C)C)n2)c([2H])c([2H])c1C#Cc1ccc2[nH]c([C@@H]3CCCN3C(=O)[C@@H](/N=C\OOC)C(C)C)nc2c1. The summed E-state index contributed by atoms with van der Waals surface area (Å²) in [6, 6.07) is 1.98. The van der Waals surface area contributed by atoms with Gasteiger partial charge in [-0.05, 0) is 67.8 Å².